The number of nitrogens with zero attached hydrogens (tertiary/aromatic N) is 1. The lowest BCUT2D eigenvalue weighted by Gasteiger charge is -2.48. The molecular formula is C26H42N4O6. The third kappa shape index (κ3) is 6.00. The molecule has 1 unspecified atom stereocenters. The van der Waals surface area contributed by atoms with Crippen LogP contribution in [0.1, 0.15) is 74.1 Å². The summed E-state index contributed by atoms with van der Waals surface area (Å²) < 4.78 is 5.21. The maximum Gasteiger partial charge on any atom is 0.408 e. The molecule has 1 heterocycles. The van der Waals surface area contributed by atoms with E-state index in [1.165, 1.54) is 0 Å². The largest absolute Gasteiger partial charge is 0.447 e. The number of nitrogens with one attached hydrogen (secondary N) is 2. The predicted octanol–water partition coefficient (Wildman–Crippen LogP) is 1.75. The van der Waals surface area contributed by atoms with Crippen molar-refractivity contribution in [3.63, 3.8) is 0 Å². The minimum absolute atomic E-state index is 0.0457. The van der Waals surface area contributed by atoms with Crippen molar-refractivity contribution in [3.8, 4) is 0 Å². The minimum Gasteiger partial charge on any atom is -0.447 e. The zero-order valence-electron chi connectivity index (χ0n) is 22.6. The highest BCUT2D eigenvalue weighted by atomic mass is 16.6. The van der Waals surface area contributed by atoms with Crippen molar-refractivity contribution < 1.29 is 28.7 Å². The molecule has 3 aliphatic rings. The van der Waals surface area contributed by atoms with Gasteiger partial charge in [0.25, 0.3) is 5.91 Å². The molecule has 5 atom stereocenters. The topological polar surface area (TPSA) is 148 Å². The third-order valence-corrected chi connectivity index (χ3v) is 7.83. The van der Waals surface area contributed by atoms with E-state index in [0.29, 0.717) is 13.0 Å². The Labute approximate surface area is 213 Å². The number of nitrogens with two attached hydrogens (primary N) is 1. The Kier molecular flexibility index (Phi) is 7.77. The van der Waals surface area contributed by atoms with Crippen LogP contribution >= 0.6 is 0 Å². The predicted molar refractivity (Wildman–Crippen MR) is 132 cm³/mol. The Balaban J connectivity index is 1.86. The van der Waals surface area contributed by atoms with Crippen LogP contribution in [-0.2, 0) is 23.9 Å². The molecule has 0 radical (unpaired) electrons. The summed E-state index contributed by atoms with van der Waals surface area (Å²) in [5.74, 6) is -2.41. The lowest BCUT2D eigenvalue weighted by molar-refractivity contribution is -0.144. The van der Waals surface area contributed by atoms with Gasteiger partial charge in [-0.05, 0) is 55.3 Å². The molecule has 0 bridgehead atoms. The molecule has 1 aliphatic heterocycles. The van der Waals surface area contributed by atoms with Gasteiger partial charge in [0.05, 0.1) is 12.1 Å². The quantitative estimate of drug-likeness (QED) is 0.406. The second-order valence-electron chi connectivity index (χ2n) is 12.8. The molecule has 202 valence electrons. The zero-order valence-corrected chi connectivity index (χ0v) is 22.6. The van der Waals surface area contributed by atoms with E-state index >= 15 is 0 Å². The normalized spacial score (nSPS) is 26.3. The van der Waals surface area contributed by atoms with Gasteiger partial charge in [0.2, 0.25) is 17.6 Å². The van der Waals surface area contributed by atoms with Gasteiger partial charge in [-0.3, -0.25) is 19.2 Å². The summed E-state index contributed by atoms with van der Waals surface area (Å²) in [6.45, 7) is 13.6. The van der Waals surface area contributed by atoms with E-state index in [4.69, 9.17) is 10.5 Å². The van der Waals surface area contributed by atoms with E-state index < -0.39 is 47.2 Å². The monoisotopic (exact) mass is 506 g/mol. The molecule has 3 fully saturated rings. The first-order valence-corrected chi connectivity index (χ1v) is 12.9. The second-order valence-corrected chi connectivity index (χ2v) is 12.8. The number of rotatable bonds is 9. The lowest BCUT2D eigenvalue weighted by Crippen LogP contribution is -2.60. The molecule has 0 spiro atoms. The summed E-state index contributed by atoms with van der Waals surface area (Å²) in [5, 5.41) is 5.46. The number of carbonyl (C=O) groups is 5. The summed E-state index contributed by atoms with van der Waals surface area (Å²) in [7, 11) is 0. The number of ketones is 1. The molecule has 2 aliphatic carbocycles. The number of hydrogen-bond donors (Lipinski definition) is 3. The molecule has 1 saturated heterocycles. The number of amides is 4. The van der Waals surface area contributed by atoms with Crippen molar-refractivity contribution >= 4 is 29.6 Å². The summed E-state index contributed by atoms with van der Waals surface area (Å²) in [4.78, 5) is 65.6. The Bertz CT molecular complexity index is 920. The molecule has 0 aromatic rings. The molecule has 10 nitrogen and oxygen atoms in total. The Morgan fingerprint density at radius 3 is 2.17 bits per heavy atom. The Hall–Kier alpha value is -2.65. The average molecular weight is 507 g/mol. The maximum absolute atomic E-state index is 13.9. The van der Waals surface area contributed by atoms with E-state index in [2.05, 4.69) is 24.5 Å². The first-order valence-electron chi connectivity index (χ1n) is 12.9. The van der Waals surface area contributed by atoms with Crippen molar-refractivity contribution in [2.75, 3.05) is 6.54 Å². The summed E-state index contributed by atoms with van der Waals surface area (Å²) >= 11 is 0. The number of hydrogen-bond acceptors (Lipinski definition) is 6. The highest BCUT2D eigenvalue weighted by Crippen LogP contribution is 2.57. The standard InChI is InChI=1S/C26H42N4O6/c1-13(2)36-24(35)29-20(25(3,4)5)23(34)30-12-16-15(11-26(16,6)7)18(30)22(33)28-17(10-14-8-9-14)19(31)21(27)32/h13-18,20H,8-12H2,1-7H3,(H2,27,32)(H,28,33)(H,29,35)/t15-,16-,17?,18-,20+/m0/s1. The molecule has 2 saturated carbocycles. The first-order chi connectivity index (χ1) is 16.5. The van der Waals surface area contributed by atoms with Crippen molar-refractivity contribution in [2.24, 2.45) is 34.3 Å². The van der Waals surface area contributed by atoms with Gasteiger partial charge in [-0.2, -0.15) is 0 Å². The summed E-state index contributed by atoms with van der Waals surface area (Å²) in [6.07, 6.45) is 1.95. The number of alkyl carbamates (subject to hydrolysis) is 1. The van der Waals surface area contributed by atoms with Crippen LogP contribution in [0.25, 0.3) is 0 Å². The number of Topliss-reactive ketones (excluding diaryl/α,β-unsaturated/α-hetero) is 1. The van der Waals surface area contributed by atoms with Gasteiger partial charge in [-0.15, -0.1) is 0 Å². The van der Waals surface area contributed by atoms with Crippen LogP contribution in [0.2, 0.25) is 0 Å². The van der Waals surface area contributed by atoms with Gasteiger partial charge < -0.3 is 26.0 Å². The fourth-order valence-electron chi connectivity index (χ4n) is 5.68. The SMILES string of the molecule is CC(C)OC(=O)N[C@H](C(=O)N1C[C@H]2[C@H](CC2(C)C)[C@H]1C(=O)NC(CC1CC1)C(=O)C(N)=O)C(C)(C)C. The van der Waals surface area contributed by atoms with E-state index in [1.807, 2.05) is 20.8 Å². The third-order valence-electron chi connectivity index (χ3n) is 7.83. The van der Waals surface area contributed by atoms with E-state index in [0.717, 1.165) is 19.3 Å². The highest BCUT2D eigenvalue weighted by molar-refractivity contribution is 6.37. The Morgan fingerprint density at radius 2 is 1.69 bits per heavy atom. The molecule has 4 amide bonds. The van der Waals surface area contributed by atoms with Gasteiger partial charge in [0.15, 0.2) is 0 Å². The van der Waals surface area contributed by atoms with Gasteiger partial charge in [-0.25, -0.2) is 4.79 Å². The van der Waals surface area contributed by atoms with E-state index in [9.17, 15) is 24.0 Å². The van der Waals surface area contributed by atoms with Crippen LogP contribution in [-0.4, -0.2) is 65.3 Å². The minimum atomic E-state index is -1.08. The van der Waals surface area contributed by atoms with Crippen LogP contribution in [0.5, 0.6) is 0 Å². The van der Waals surface area contributed by atoms with E-state index in [1.54, 1.807) is 18.7 Å². The number of fused-ring (bicyclic) bond motifs is 1. The molecule has 10 heteroatoms. The van der Waals surface area contributed by atoms with Crippen LogP contribution in [0.15, 0.2) is 0 Å². The number of likely N-dealkylation sites (tertiary alicyclic amines) is 1. The smallest absolute Gasteiger partial charge is 0.408 e. The molecule has 3 rings (SSSR count). The number of primary amides is 1. The summed E-state index contributed by atoms with van der Waals surface area (Å²) in [5.41, 5.74) is 4.55. The van der Waals surface area contributed by atoms with Crippen molar-refractivity contribution in [1.29, 1.82) is 0 Å². The summed E-state index contributed by atoms with van der Waals surface area (Å²) in [6, 6.07) is -2.72. The zero-order chi connectivity index (χ0) is 27.2. The van der Waals surface area contributed by atoms with Gasteiger partial charge in [-0.1, -0.05) is 47.5 Å². The second kappa shape index (κ2) is 10.0. The number of ether oxygens (including phenoxy) is 1. The number of carbonyl (C=O) groups excluding carboxylic acids is 5. The van der Waals surface area contributed by atoms with E-state index in [-0.39, 0.29) is 35.2 Å². The van der Waals surface area contributed by atoms with Crippen molar-refractivity contribution in [1.82, 2.24) is 15.5 Å². The molecule has 4 N–H and O–H groups in total. The van der Waals surface area contributed by atoms with Gasteiger partial charge >= 0.3 is 6.09 Å². The van der Waals surface area contributed by atoms with Crippen LogP contribution in [0.4, 0.5) is 4.79 Å². The average Bonchev–Trinajstić information content (AvgIpc) is 3.48. The first kappa shape index (κ1) is 27.9. The highest BCUT2D eigenvalue weighted by Gasteiger charge is 2.61. The van der Waals surface area contributed by atoms with Gasteiger partial charge in [0, 0.05) is 6.54 Å². The fourth-order valence-corrected chi connectivity index (χ4v) is 5.68. The molecular weight excluding hydrogens is 464 g/mol. The molecule has 36 heavy (non-hydrogen) atoms. The van der Waals surface area contributed by atoms with Crippen molar-refractivity contribution in [3.05, 3.63) is 0 Å². The lowest BCUT2D eigenvalue weighted by atomic mass is 9.55. The molecule has 0 aromatic carbocycles. The Morgan fingerprint density at radius 1 is 1.08 bits per heavy atom. The molecule has 0 aromatic heterocycles. The maximum atomic E-state index is 13.9. The van der Waals surface area contributed by atoms with Gasteiger partial charge in [0.1, 0.15) is 12.1 Å². The van der Waals surface area contributed by atoms with Crippen LogP contribution in [0, 0.1) is 28.6 Å². The van der Waals surface area contributed by atoms with Crippen LogP contribution < -0.4 is 16.4 Å². The van der Waals surface area contributed by atoms with Crippen molar-refractivity contribution in [2.45, 2.75) is 98.4 Å². The van der Waals surface area contributed by atoms with Crippen LogP contribution in [0.3, 0.4) is 0 Å². The fraction of sp³-hybridized carbons (Fsp3) is 0.808.